The molecule has 1 N–H and O–H groups in total. The van der Waals surface area contributed by atoms with Gasteiger partial charge < -0.3 is 14.5 Å². The maximum Gasteiger partial charge on any atom is 0.341 e. The minimum atomic E-state index is -0.367. The average molecular weight is 490 g/mol. The fourth-order valence-electron chi connectivity index (χ4n) is 3.43. The molecule has 0 atom stereocenters. The van der Waals surface area contributed by atoms with Crippen LogP contribution in [0.15, 0.2) is 27.2 Å². The van der Waals surface area contributed by atoms with E-state index in [4.69, 9.17) is 9.15 Å². The summed E-state index contributed by atoms with van der Waals surface area (Å²) in [4.78, 5) is 27.5. The van der Waals surface area contributed by atoms with Crippen molar-refractivity contribution in [3.63, 3.8) is 0 Å². The molecule has 0 fully saturated rings. The van der Waals surface area contributed by atoms with E-state index in [1.807, 2.05) is 23.6 Å². The number of nitrogens with one attached hydrogen (secondary N) is 1. The molecule has 168 valence electrons. The highest BCUT2D eigenvalue weighted by atomic mass is 32.2. The van der Waals surface area contributed by atoms with Crippen LogP contribution in [0.25, 0.3) is 12.2 Å². The first-order chi connectivity index (χ1) is 15.6. The Bertz CT molecular complexity index is 1100. The van der Waals surface area contributed by atoms with E-state index in [1.165, 1.54) is 16.2 Å². The number of nitrogens with zero attached hydrogens (tertiary/aromatic N) is 2. The molecule has 32 heavy (non-hydrogen) atoms. The Labute approximate surface area is 198 Å². The first-order valence-corrected chi connectivity index (χ1v) is 13.1. The Balaban J connectivity index is 1.39. The van der Waals surface area contributed by atoms with Crippen LogP contribution in [0.5, 0.6) is 0 Å². The zero-order valence-electron chi connectivity index (χ0n) is 17.6. The van der Waals surface area contributed by atoms with Gasteiger partial charge in [-0.15, -0.1) is 32.9 Å². The lowest BCUT2D eigenvalue weighted by Gasteiger charge is -2.08. The van der Waals surface area contributed by atoms with E-state index in [9.17, 15) is 9.59 Å². The van der Waals surface area contributed by atoms with Crippen molar-refractivity contribution in [3.05, 3.63) is 44.3 Å². The van der Waals surface area contributed by atoms with Crippen molar-refractivity contribution in [1.82, 2.24) is 10.2 Å². The predicted molar refractivity (Wildman–Crippen MR) is 128 cm³/mol. The van der Waals surface area contributed by atoms with Gasteiger partial charge in [0.1, 0.15) is 5.00 Å². The highest BCUT2D eigenvalue weighted by Crippen LogP contribution is 2.38. The van der Waals surface area contributed by atoms with Crippen molar-refractivity contribution in [2.75, 3.05) is 17.7 Å². The lowest BCUT2D eigenvalue weighted by atomic mass is 10.1. The van der Waals surface area contributed by atoms with Crippen molar-refractivity contribution in [2.45, 2.75) is 44.3 Å². The number of hydrogen-bond donors (Lipinski definition) is 1. The lowest BCUT2D eigenvalue weighted by Crippen LogP contribution is -2.16. The quantitative estimate of drug-likeness (QED) is 0.252. The number of thiophene rings is 2. The molecule has 0 radical (unpaired) electrons. The summed E-state index contributed by atoms with van der Waals surface area (Å²) in [5.41, 5.74) is 1.55. The average Bonchev–Trinajstić information content (AvgIpc) is 3.49. The molecule has 4 rings (SSSR count). The molecule has 0 saturated carbocycles. The minimum absolute atomic E-state index is 0.0983. The Morgan fingerprint density at radius 3 is 2.94 bits per heavy atom. The summed E-state index contributed by atoms with van der Waals surface area (Å²) < 4.78 is 10.8. The Hall–Kier alpha value is -2.43. The van der Waals surface area contributed by atoms with Crippen LogP contribution in [-0.2, 0) is 22.4 Å². The van der Waals surface area contributed by atoms with Crippen LogP contribution in [0.4, 0.5) is 5.00 Å². The van der Waals surface area contributed by atoms with E-state index in [0.29, 0.717) is 28.3 Å². The van der Waals surface area contributed by atoms with E-state index < -0.39 is 0 Å². The van der Waals surface area contributed by atoms with Gasteiger partial charge in [-0.25, -0.2) is 4.79 Å². The fraction of sp³-hybridized carbons (Fsp3) is 0.364. The molecule has 1 aliphatic rings. The summed E-state index contributed by atoms with van der Waals surface area (Å²) in [5.74, 6) is -0.117. The molecule has 0 aromatic carbocycles. The number of rotatable bonds is 8. The number of esters is 1. The second-order valence-electron chi connectivity index (χ2n) is 7.08. The van der Waals surface area contributed by atoms with Gasteiger partial charge in [-0.2, -0.15) is 0 Å². The van der Waals surface area contributed by atoms with E-state index in [-0.39, 0.29) is 17.6 Å². The van der Waals surface area contributed by atoms with Gasteiger partial charge in [-0.05, 0) is 55.7 Å². The molecular formula is C22H23N3O4S3. The monoisotopic (exact) mass is 489 g/mol. The second kappa shape index (κ2) is 10.9. The SMILES string of the molecule is CCOC(=O)c1c(NC(=O)CSc2nnc(/C=C/c3cccs3)o2)sc2c1CCCCC2. The van der Waals surface area contributed by atoms with Crippen LogP contribution in [0, 0.1) is 0 Å². The number of hydrogen-bond acceptors (Lipinski definition) is 9. The Morgan fingerprint density at radius 2 is 2.12 bits per heavy atom. The van der Waals surface area contributed by atoms with Crippen LogP contribution >= 0.6 is 34.4 Å². The summed E-state index contributed by atoms with van der Waals surface area (Å²) >= 11 is 4.26. The van der Waals surface area contributed by atoms with Gasteiger partial charge in [0.2, 0.25) is 11.8 Å². The largest absolute Gasteiger partial charge is 0.462 e. The highest BCUT2D eigenvalue weighted by molar-refractivity contribution is 7.99. The molecule has 0 bridgehead atoms. The third-order valence-electron chi connectivity index (χ3n) is 4.84. The van der Waals surface area contributed by atoms with Crippen molar-refractivity contribution >= 4 is 63.5 Å². The first kappa shape index (κ1) is 22.8. The molecule has 1 aliphatic carbocycles. The molecule has 3 aromatic heterocycles. The number of aryl methyl sites for hydroxylation is 1. The van der Waals surface area contributed by atoms with E-state index in [1.54, 1.807) is 24.3 Å². The summed E-state index contributed by atoms with van der Waals surface area (Å²) in [6.07, 6.45) is 8.70. The predicted octanol–water partition coefficient (Wildman–Crippen LogP) is 5.54. The third kappa shape index (κ3) is 5.67. The van der Waals surface area contributed by atoms with Crippen molar-refractivity contribution in [2.24, 2.45) is 0 Å². The molecule has 3 aromatic rings. The van der Waals surface area contributed by atoms with Gasteiger partial charge in [0, 0.05) is 15.8 Å². The number of carbonyl (C=O) groups excluding carboxylic acids is 2. The van der Waals surface area contributed by atoms with Crippen LogP contribution in [-0.4, -0.2) is 34.4 Å². The Morgan fingerprint density at radius 1 is 1.25 bits per heavy atom. The van der Waals surface area contributed by atoms with Crippen LogP contribution in [0.1, 0.15) is 57.8 Å². The Kier molecular flexibility index (Phi) is 7.77. The fourth-order valence-corrected chi connectivity index (χ4v) is 5.91. The second-order valence-corrected chi connectivity index (χ2v) is 10.1. The standard InChI is InChI=1S/C22H23N3O4S3/c1-2-28-21(27)19-15-8-4-3-5-9-16(15)32-20(19)23-17(26)13-31-22-25-24-18(29-22)11-10-14-7-6-12-30-14/h6-7,10-12H,2-5,8-9,13H2,1H3,(H,23,26)/b11-10+. The smallest absolute Gasteiger partial charge is 0.341 e. The van der Waals surface area contributed by atoms with Crippen molar-refractivity contribution in [3.8, 4) is 0 Å². The summed E-state index contributed by atoms with van der Waals surface area (Å²) in [5, 5.41) is 13.7. The van der Waals surface area contributed by atoms with E-state index in [2.05, 4.69) is 15.5 Å². The number of aromatic nitrogens is 2. The molecule has 7 nitrogen and oxygen atoms in total. The topological polar surface area (TPSA) is 94.3 Å². The summed E-state index contributed by atoms with van der Waals surface area (Å²) in [6.45, 7) is 2.08. The summed E-state index contributed by atoms with van der Waals surface area (Å²) in [6, 6.07) is 3.96. The molecule has 3 heterocycles. The number of carbonyl (C=O) groups is 2. The van der Waals surface area contributed by atoms with E-state index in [0.717, 1.165) is 54.3 Å². The van der Waals surface area contributed by atoms with Crippen molar-refractivity contribution < 1.29 is 18.7 Å². The van der Waals surface area contributed by atoms with Gasteiger partial charge in [-0.1, -0.05) is 24.2 Å². The van der Waals surface area contributed by atoms with Crippen LogP contribution in [0.3, 0.4) is 0 Å². The number of amides is 1. The molecule has 0 aliphatic heterocycles. The van der Waals surface area contributed by atoms with Crippen LogP contribution in [0.2, 0.25) is 0 Å². The first-order valence-electron chi connectivity index (χ1n) is 10.4. The number of anilines is 1. The zero-order valence-corrected chi connectivity index (χ0v) is 20.0. The van der Waals surface area contributed by atoms with Crippen molar-refractivity contribution in [1.29, 1.82) is 0 Å². The van der Waals surface area contributed by atoms with Gasteiger partial charge >= 0.3 is 5.97 Å². The maximum atomic E-state index is 12.6. The molecule has 0 spiro atoms. The van der Waals surface area contributed by atoms with Gasteiger partial charge in [0.15, 0.2) is 0 Å². The highest BCUT2D eigenvalue weighted by Gasteiger charge is 2.26. The summed E-state index contributed by atoms with van der Waals surface area (Å²) in [7, 11) is 0. The van der Waals surface area contributed by atoms with Gasteiger partial charge in [0.05, 0.1) is 17.9 Å². The molecule has 10 heteroatoms. The van der Waals surface area contributed by atoms with Crippen LogP contribution < -0.4 is 5.32 Å². The zero-order chi connectivity index (χ0) is 22.3. The number of fused-ring (bicyclic) bond motifs is 1. The third-order valence-corrected chi connectivity index (χ3v) is 7.70. The molecule has 0 saturated heterocycles. The normalized spacial score (nSPS) is 13.7. The number of ether oxygens (including phenoxy) is 1. The number of thioether (sulfide) groups is 1. The lowest BCUT2D eigenvalue weighted by molar-refractivity contribution is -0.113. The molecular weight excluding hydrogens is 466 g/mol. The van der Waals surface area contributed by atoms with Gasteiger partial charge in [0.25, 0.3) is 5.22 Å². The minimum Gasteiger partial charge on any atom is -0.462 e. The maximum absolute atomic E-state index is 12.6. The van der Waals surface area contributed by atoms with Gasteiger partial charge in [-0.3, -0.25) is 4.79 Å². The molecule has 0 unspecified atom stereocenters. The molecule has 1 amide bonds. The van der Waals surface area contributed by atoms with E-state index >= 15 is 0 Å².